The third kappa shape index (κ3) is 1.77. The van der Waals surface area contributed by atoms with Crippen LogP contribution in [0.3, 0.4) is 0 Å². The number of hydrogen-bond donors (Lipinski definition) is 1. The van der Waals surface area contributed by atoms with Gasteiger partial charge in [-0.3, -0.25) is 0 Å². The Bertz CT molecular complexity index is 457. The molecular formula is C13H18N2. The Labute approximate surface area is 90.7 Å². The van der Waals surface area contributed by atoms with E-state index in [2.05, 4.69) is 48.9 Å². The van der Waals surface area contributed by atoms with Crippen LogP contribution in [0.4, 0.5) is 0 Å². The van der Waals surface area contributed by atoms with Crippen LogP contribution in [0.15, 0.2) is 30.5 Å². The second-order valence-electron chi connectivity index (χ2n) is 4.06. The number of aryl methyl sites for hydroxylation is 1. The zero-order chi connectivity index (χ0) is 10.8. The maximum atomic E-state index is 5.69. The average Bonchev–Trinajstić information content (AvgIpc) is 2.69. The molecule has 1 aromatic carbocycles. The lowest BCUT2D eigenvalue weighted by Crippen LogP contribution is -2.08. The van der Waals surface area contributed by atoms with Crippen molar-refractivity contribution in [2.75, 3.05) is 6.54 Å². The standard InChI is InChI=1S/C13H18N2/c1-3-15-7-6-11-4-5-12(8-13(11)15)10(2)9-14/h4-8,10H,3,9,14H2,1-2H3. The van der Waals surface area contributed by atoms with Gasteiger partial charge in [-0.2, -0.15) is 0 Å². The van der Waals surface area contributed by atoms with E-state index in [1.54, 1.807) is 0 Å². The first-order chi connectivity index (χ1) is 7.26. The van der Waals surface area contributed by atoms with Gasteiger partial charge < -0.3 is 10.3 Å². The molecule has 1 heterocycles. The van der Waals surface area contributed by atoms with E-state index in [9.17, 15) is 0 Å². The van der Waals surface area contributed by atoms with Crippen LogP contribution in [0.1, 0.15) is 25.3 Å². The van der Waals surface area contributed by atoms with Crippen LogP contribution in [0.5, 0.6) is 0 Å². The van der Waals surface area contributed by atoms with E-state index in [0.717, 1.165) is 6.54 Å². The molecule has 0 radical (unpaired) electrons. The maximum absolute atomic E-state index is 5.69. The third-order valence-electron chi connectivity index (χ3n) is 3.06. The highest BCUT2D eigenvalue weighted by Gasteiger charge is 2.05. The normalized spacial score (nSPS) is 13.3. The summed E-state index contributed by atoms with van der Waals surface area (Å²) in [5.74, 6) is 0.439. The first kappa shape index (κ1) is 10.2. The van der Waals surface area contributed by atoms with Gasteiger partial charge in [0.1, 0.15) is 0 Å². The second-order valence-corrected chi connectivity index (χ2v) is 4.06. The molecular weight excluding hydrogens is 184 g/mol. The van der Waals surface area contributed by atoms with Crippen LogP contribution >= 0.6 is 0 Å². The van der Waals surface area contributed by atoms with Gasteiger partial charge in [-0.25, -0.2) is 0 Å². The smallest absolute Gasteiger partial charge is 0.0483 e. The summed E-state index contributed by atoms with van der Waals surface area (Å²) >= 11 is 0. The van der Waals surface area contributed by atoms with Gasteiger partial charge in [0.2, 0.25) is 0 Å². The molecule has 0 fully saturated rings. The van der Waals surface area contributed by atoms with E-state index >= 15 is 0 Å². The van der Waals surface area contributed by atoms with Gasteiger partial charge in [0.15, 0.2) is 0 Å². The Morgan fingerprint density at radius 3 is 2.80 bits per heavy atom. The monoisotopic (exact) mass is 202 g/mol. The quantitative estimate of drug-likeness (QED) is 0.815. The van der Waals surface area contributed by atoms with Crippen LogP contribution < -0.4 is 5.73 Å². The lowest BCUT2D eigenvalue weighted by atomic mass is 10.0. The molecule has 2 N–H and O–H groups in total. The molecule has 2 rings (SSSR count). The predicted molar refractivity (Wildman–Crippen MR) is 65.1 cm³/mol. The van der Waals surface area contributed by atoms with Crippen LogP contribution in [-0.4, -0.2) is 11.1 Å². The van der Waals surface area contributed by atoms with Crippen molar-refractivity contribution >= 4 is 10.9 Å². The Balaban J connectivity index is 2.52. The van der Waals surface area contributed by atoms with E-state index < -0.39 is 0 Å². The zero-order valence-electron chi connectivity index (χ0n) is 9.40. The van der Waals surface area contributed by atoms with Crippen molar-refractivity contribution < 1.29 is 0 Å². The Morgan fingerprint density at radius 2 is 2.13 bits per heavy atom. The molecule has 1 unspecified atom stereocenters. The molecule has 1 aromatic heterocycles. The highest BCUT2D eigenvalue weighted by molar-refractivity contribution is 5.81. The van der Waals surface area contributed by atoms with E-state index in [0.29, 0.717) is 12.5 Å². The van der Waals surface area contributed by atoms with Crippen molar-refractivity contribution in [3.8, 4) is 0 Å². The average molecular weight is 202 g/mol. The molecule has 2 nitrogen and oxygen atoms in total. The van der Waals surface area contributed by atoms with Crippen molar-refractivity contribution in [3.05, 3.63) is 36.0 Å². The van der Waals surface area contributed by atoms with Gasteiger partial charge in [-0.1, -0.05) is 19.1 Å². The highest BCUT2D eigenvalue weighted by atomic mass is 14.9. The van der Waals surface area contributed by atoms with Gasteiger partial charge in [-0.05, 0) is 42.5 Å². The number of aromatic nitrogens is 1. The highest BCUT2D eigenvalue weighted by Crippen LogP contribution is 2.22. The Hall–Kier alpha value is -1.28. The van der Waals surface area contributed by atoms with Crippen LogP contribution in [0.25, 0.3) is 10.9 Å². The molecule has 1 atom stereocenters. The summed E-state index contributed by atoms with van der Waals surface area (Å²) in [6.07, 6.45) is 2.14. The molecule has 0 amide bonds. The molecule has 0 aliphatic rings. The van der Waals surface area contributed by atoms with Gasteiger partial charge in [0, 0.05) is 18.3 Å². The van der Waals surface area contributed by atoms with E-state index in [1.807, 2.05) is 0 Å². The van der Waals surface area contributed by atoms with E-state index in [-0.39, 0.29) is 0 Å². The number of fused-ring (bicyclic) bond motifs is 1. The van der Waals surface area contributed by atoms with Gasteiger partial charge in [0.25, 0.3) is 0 Å². The summed E-state index contributed by atoms with van der Waals surface area (Å²) < 4.78 is 2.27. The minimum absolute atomic E-state index is 0.439. The number of hydrogen-bond acceptors (Lipinski definition) is 1. The first-order valence-electron chi connectivity index (χ1n) is 5.55. The third-order valence-corrected chi connectivity index (χ3v) is 3.06. The lowest BCUT2D eigenvalue weighted by Gasteiger charge is -2.09. The Morgan fingerprint density at radius 1 is 1.33 bits per heavy atom. The second kappa shape index (κ2) is 4.07. The molecule has 0 bridgehead atoms. The van der Waals surface area contributed by atoms with Gasteiger partial charge >= 0.3 is 0 Å². The molecule has 80 valence electrons. The number of nitrogens with zero attached hydrogens (tertiary/aromatic N) is 1. The van der Waals surface area contributed by atoms with Crippen molar-refractivity contribution in [2.24, 2.45) is 5.73 Å². The molecule has 2 aromatic rings. The minimum atomic E-state index is 0.439. The van der Waals surface area contributed by atoms with Crippen LogP contribution in [0, 0.1) is 0 Å². The zero-order valence-corrected chi connectivity index (χ0v) is 9.40. The van der Waals surface area contributed by atoms with Crippen molar-refractivity contribution in [3.63, 3.8) is 0 Å². The van der Waals surface area contributed by atoms with Gasteiger partial charge in [0.05, 0.1) is 0 Å². The fraction of sp³-hybridized carbons (Fsp3) is 0.385. The fourth-order valence-electron chi connectivity index (χ4n) is 1.92. The molecule has 0 saturated carbocycles. The largest absolute Gasteiger partial charge is 0.348 e. The summed E-state index contributed by atoms with van der Waals surface area (Å²) in [6.45, 7) is 6.06. The van der Waals surface area contributed by atoms with E-state index in [1.165, 1.54) is 16.5 Å². The molecule has 0 aliphatic carbocycles. The van der Waals surface area contributed by atoms with Crippen LogP contribution in [0.2, 0.25) is 0 Å². The first-order valence-corrected chi connectivity index (χ1v) is 5.55. The molecule has 0 aliphatic heterocycles. The van der Waals surface area contributed by atoms with Crippen LogP contribution in [-0.2, 0) is 6.54 Å². The molecule has 0 spiro atoms. The number of nitrogens with two attached hydrogens (primary N) is 1. The topological polar surface area (TPSA) is 30.9 Å². The van der Waals surface area contributed by atoms with Crippen molar-refractivity contribution in [2.45, 2.75) is 26.3 Å². The summed E-state index contributed by atoms with van der Waals surface area (Å²) in [7, 11) is 0. The summed E-state index contributed by atoms with van der Waals surface area (Å²) in [5.41, 5.74) is 8.33. The Kier molecular flexibility index (Phi) is 2.78. The summed E-state index contributed by atoms with van der Waals surface area (Å²) in [5, 5.41) is 1.31. The number of rotatable bonds is 3. The summed E-state index contributed by atoms with van der Waals surface area (Å²) in [6, 6.07) is 8.79. The minimum Gasteiger partial charge on any atom is -0.348 e. The van der Waals surface area contributed by atoms with Gasteiger partial charge in [-0.15, -0.1) is 0 Å². The molecule has 2 heteroatoms. The number of benzene rings is 1. The predicted octanol–water partition coefficient (Wildman–Crippen LogP) is 2.72. The molecule has 0 saturated heterocycles. The van der Waals surface area contributed by atoms with Crippen molar-refractivity contribution in [1.82, 2.24) is 4.57 Å². The SMILES string of the molecule is CCn1ccc2ccc(C(C)CN)cc21. The van der Waals surface area contributed by atoms with Crippen molar-refractivity contribution in [1.29, 1.82) is 0 Å². The fourth-order valence-corrected chi connectivity index (χ4v) is 1.92. The molecule has 15 heavy (non-hydrogen) atoms. The maximum Gasteiger partial charge on any atom is 0.0483 e. The lowest BCUT2D eigenvalue weighted by molar-refractivity contribution is 0.769. The summed E-state index contributed by atoms with van der Waals surface area (Å²) in [4.78, 5) is 0. The van der Waals surface area contributed by atoms with E-state index in [4.69, 9.17) is 5.73 Å².